The molecule has 1 fully saturated rings. The van der Waals surface area contributed by atoms with Crippen molar-refractivity contribution in [3.05, 3.63) is 35.1 Å². The molecule has 0 spiro atoms. The van der Waals surface area contributed by atoms with Crippen LogP contribution in [0.15, 0.2) is 18.2 Å². The highest BCUT2D eigenvalue weighted by Crippen LogP contribution is 2.33. The quantitative estimate of drug-likeness (QED) is 0.617. The molecule has 0 radical (unpaired) electrons. The summed E-state index contributed by atoms with van der Waals surface area (Å²) in [6.45, 7) is 0.295. The van der Waals surface area contributed by atoms with Crippen molar-refractivity contribution in [2.75, 3.05) is 13.1 Å². The summed E-state index contributed by atoms with van der Waals surface area (Å²) in [4.78, 5) is 13.4. The van der Waals surface area contributed by atoms with E-state index in [0.717, 1.165) is 25.0 Å². The minimum atomic E-state index is -4.84. The van der Waals surface area contributed by atoms with Crippen LogP contribution in [0.1, 0.15) is 28.8 Å². The molecule has 1 aromatic carbocycles. The summed E-state index contributed by atoms with van der Waals surface area (Å²) in [5.41, 5.74) is -2.04. The third kappa shape index (κ3) is 3.54. The molecule has 21 heavy (non-hydrogen) atoms. The molecule has 0 aromatic heterocycles. The van der Waals surface area contributed by atoms with E-state index < -0.39 is 29.0 Å². The molecule has 0 unspecified atom stereocenters. The molecule has 1 amide bonds. The van der Waals surface area contributed by atoms with E-state index in [2.05, 4.69) is 5.92 Å². The Balaban J connectivity index is 2.31. The van der Waals surface area contributed by atoms with Crippen LogP contribution in [-0.2, 0) is 6.18 Å². The Labute approximate surface area is 119 Å². The Morgan fingerprint density at radius 2 is 2.05 bits per heavy atom. The molecule has 0 bridgehead atoms. The molecule has 0 aliphatic heterocycles. The van der Waals surface area contributed by atoms with E-state index >= 15 is 0 Å². The number of alkyl halides is 3. The van der Waals surface area contributed by atoms with Crippen molar-refractivity contribution in [2.45, 2.75) is 19.0 Å². The van der Waals surface area contributed by atoms with Gasteiger partial charge in [-0.05, 0) is 30.9 Å². The SMILES string of the molecule is C#CCN(CC1CC1)C(=O)c1cccc(C(F)(F)F)c1F. The van der Waals surface area contributed by atoms with Gasteiger partial charge < -0.3 is 4.90 Å². The van der Waals surface area contributed by atoms with Crippen LogP contribution in [0.2, 0.25) is 0 Å². The van der Waals surface area contributed by atoms with Gasteiger partial charge in [-0.3, -0.25) is 4.79 Å². The zero-order valence-electron chi connectivity index (χ0n) is 11.1. The number of benzene rings is 1. The van der Waals surface area contributed by atoms with E-state index in [9.17, 15) is 22.4 Å². The maximum atomic E-state index is 14.0. The third-order valence-electron chi connectivity index (χ3n) is 3.28. The predicted molar refractivity (Wildman–Crippen MR) is 68.9 cm³/mol. The molecule has 112 valence electrons. The van der Waals surface area contributed by atoms with Gasteiger partial charge in [-0.2, -0.15) is 13.2 Å². The van der Waals surface area contributed by atoms with Crippen LogP contribution in [0.25, 0.3) is 0 Å². The second-order valence-corrected chi connectivity index (χ2v) is 5.00. The first-order chi connectivity index (χ1) is 9.84. The molecule has 2 rings (SSSR count). The van der Waals surface area contributed by atoms with E-state index in [4.69, 9.17) is 6.42 Å². The van der Waals surface area contributed by atoms with Crippen molar-refractivity contribution in [1.29, 1.82) is 0 Å². The van der Waals surface area contributed by atoms with Gasteiger partial charge in [0, 0.05) is 6.54 Å². The van der Waals surface area contributed by atoms with Crippen LogP contribution in [-0.4, -0.2) is 23.9 Å². The maximum absolute atomic E-state index is 14.0. The number of rotatable bonds is 4. The van der Waals surface area contributed by atoms with Crippen LogP contribution in [0.4, 0.5) is 17.6 Å². The van der Waals surface area contributed by atoms with Gasteiger partial charge >= 0.3 is 6.18 Å². The van der Waals surface area contributed by atoms with Gasteiger partial charge in [0.05, 0.1) is 17.7 Å². The smallest absolute Gasteiger partial charge is 0.327 e. The highest BCUT2D eigenvalue weighted by molar-refractivity contribution is 5.95. The molecule has 2 nitrogen and oxygen atoms in total. The van der Waals surface area contributed by atoms with Gasteiger partial charge in [-0.1, -0.05) is 12.0 Å². The second-order valence-electron chi connectivity index (χ2n) is 5.00. The topological polar surface area (TPSA) is 20.3 Å². The summed E-state index contributed by atoms with van der Waals surface area (Å²) in [5.74, 6) is 0.228. The van der Waals surface area contributed by atoms with E-state index in [0.29, 0.717) is 18.5 Å². The van der Waals surface area contributed by atoms with Crippen molar-refractivity contribution in [3.63, 3.8) is 0 Å². The summed E-state index contributed by atoms with van der Waals surface area (Å²) in [6.07, 6.45) is 2.21. The Kier molecular flexibility index (Phi) is 4.21. The Morgan fingerprint density at radius 1 is 1.38 bits per heavy atom. The van der Waals surface area contributed by atoms with Crippen LogP contribution >= 0.6 is 0 Å². The van der Waals surface area contributed by atoms with Crippen LogP contribution in [0.3, 0.4) is 0 Å². The first kappa shape index (κ1) is 15.4. The highest BCUT2D eigenvalue weighted by Gasteiger charge is 2.36. The van der Waals surface area contributed by atoms with Gasteiger partial charge in [0.15, 0.2) is 0 Å². The Hall–Kier alpha value is -2.03. The lowest BCUT2D eigenvalue weighted by Crippen LogP contribution is -2.34. The molecule has 0 atom stereocenters. The Morgan fingerprint density at radius 3 is 2.57 bits per heavy atom. The summed E-state index contributed by atoms with van der Waals surface area (Å²) < 4.78 is 51.9. The number of carbonyl (C=O) groups excluding carboxylic acids is 1. The van der Waals surface area contributed by atoms with Gasteiger partial charge in [-0.25, -0.2) is 4.39 Å². The molecular weight excluding hydrogens is 286 g/mol. The van der Waals surface area contributed by atoms with Crippen LogP contribution < -0.4 is 0 Å². The highest BCUT2D eigenvalue weighted by atomic mass is 19.4. The number of hydrogen-bond donors (Lipinski definition) is 0. The number of amides is 1. The number of hydrogen-bond acceptors (Lipinski definition) is 1. The molecule has 1 aliphatic carbocycles. The van der Waals surface area contributed by atoms with E-state index in [-0.39, 0.29) is 6.54 Å². The van der Waals surface area contributed by atoms with Crippen molar-refractivity contribution in [1.82, 2.24) is 4.90 Å². The summed E-state index contributed by atoms with van der Waals surface area (Å²) >= 11 is 0. The average molecular weight is 299 g/mol. The maximum Gasteiger partial charge on any atom is 0.419 e. The third-order valence-corrected chi connectivity index (χ3v) is 3.28. The molecule has 1 saturated carbocycles. The number of terminal acetylenes is 1. The first-order valence-corrected chi connectivity index (χ1v) is 6.43. The summed E-state index contributed by atoms with van der Waals surface area (Å²) in [7, 11) is 0. The molecular formula is C15H13F4NO. The predicted octanol–water partition coefficient (Wildman–Crippen LogP) is 3.33. The molecule has 0 heterocycles. The van der Waals surface area contributed by atoms with Crippen molar-refractivity contribution in [2.24, 2.45) is 5.92 Å². The fourth-order valence-electron chi connectivity index (χ4n) is 2.03. The van der Waals surface area contributed by atoms with Gasteiger partial charge in [-0.15, -0.1) is 6.42 Å². The van der Waals surface area contributed by atoms with E-state index in [1.165, 1.54) is 4.90 Å². The zero-order chi connectivity index (χ0) is 15.6. The lowest BCUT2D eigenvalue weighted by Gasteiger charge is -2.21. The lowest BCUT2D eigenvalue weighted by molar-refractivity contribution is -0.140. The van der Waals surface area contributed by atoms with Crippen LogP contribution in [0.5, 0.6) is 0 Å². The molecule has 6 heteroatoms. The number of nitrogens with zero attached hydrogens (tertiary/aromatic N) is 1. The van der Waals surface area contributed by atoms with Gasteiger partial charge in [0.25, 0.3) is 5.91 Å². The molecule has 1 aliphatic rings. The monoisotopic (exact) mass is 299 g/mol. The van der Waals surface area contributed by atoms with Crippen molar-refractivity contribution in [3.8, 4) is 12.3 Å². The van der Waals surface area contributed by atoms with Crippen LogP contribution in [0, 0.1) is 24.1 Å². The largest absolute Gasteiger partial charge is 0.419 e. The van der Waals surface area contributed by atoms with Gasteiger partial charge in [0.2, 0.25) is 0 Å². The fraction of sp³-hybridized carbons (Fsp3) is 0.400. The minimum absolute atomic E-state index is 0.0506. The minimum Gasteiger partial charge on any atom is -0.327 e. The molecule has 1 aromatic rings. The number of carbonyl (C=O) groups is 1. The normalized spacial score (nSPS) is 14.6. The van der Waals surface area contributed by atoms with Crippen molar-refractivity contribution < 1.29 is 22.4 Å². The van der Waals surface area contributed by atoms with E-state index in [1.54, 1.807) is 0 Å². The zero-order valence-corrected chi connectivity index (χ0v) is 11.1. The molecule has 0 saturated heterocycles. The standard InChI is InChI=1S/C15H13F4NO/c1-2-8-20(9-10-6-7-10)14(21)11-4-3-5-12(13(11)16)15(17,18)19/h1,3-5,10H,6-9H2. The summed E-state index contributed by atoms with van der Waals surface area (Å²) in [6, 6.07) is 2.67. The van der Waals surface area contributed by atoms with Crippen molar-refractivity contribution >= 4 is 5.91 Å². The van der Waals surface area contributed by atoms with E-state index in [1.807, 2.05) is 0 Å². The average Bonchev–Trinajstić information content (AvgIpc) is 3.20. The molecule has 0 N–H and O–H groups in total. The Bertz CT molecular complexity index is 584. The fourth-order valence-corrected chi connectivity index (χ4v) is 2.03. The lowest BCUT2D eigenvalue weighted by atomic mass is 10.1. The first-order valence-electron chi connectivity index (χ1n) is 6.43. The van der Waals surface area contributed by atoms with Gasteiger partial charge in [0.1, 0.15) is 5.82 Å². The number of halogens is 4. The summed E-state index contributed by atoms with van der Waals surface area (Å²) in [5, 5.41) is 0. The second kappa shape index (κ2) is 5.76.